The molecule has 2 aromatic rings. The smallest absolute Gasteiger partial charge is 0.272 e. The fourth-order valence-corrected chi connectivity index (χ4v) is 8.17. The van der Waals surface area contributed by atoms with Crippen LogP contribution in [0.5, 0.6) is 0 Å². The standard InChI is InChI=1S/C23H18N8O8/c32-28(33)8-1-3-12(14(5-8)30(36)37)24-26-22-18-10-7-11-17-16(10)20(22)21(17)23(19(11)18)27-25-13-4-2-9(29(34)35)6-15(13)31(38)39/h1-6,10-11,16-21,24-25H,7H2/t10-,11+,16+,17-,18+,19-,20-,21-/m0/s1. The van der Waals surface area contributed by atoms with Gasteiger partial charge in [0.15, 0.2) is 0 Å². The number of nitro groups is 4. The van der Waals surface area contributed by atoms with Gasteiger partial charge in [-0.25, -0.2) is 0 Å². The summed E-state index contributed by atoms with van der Waals surface area (Å²) in [4.78, 5) is 42.3. The van der Waals surface area contributed by atoms with Gasteiger partial charge in [-0.3, -0.25) is 51.3 Å². The maximum absolute atomic E-state index is 11.5. The Morgan fingerprint density at radius 1 is 0.615 bits per heavy atom. The molecule has 0 unspecified atom stereocenters. The topological polar surface area (TPSA) is 221 Å². The lowest BCUT2D eigenvalue weighted by Crippen LogP contribution is -2.48. The van der Waals surface area contributed by atoms with Gasteiger partial charge < -0.3 is 0 Å². The van der Waals surface area contributed by atoms with Crippen molar-refractivity contribution >= 4 is 45.5 Å². The van der Waals surface area contributed by atoms with E-state index in [1.54, 1.807) is 0 Å². The molecule has 198 valence electrons. The van der Waals surface area contributed by atoms with E-state index in [-0.39, 0.29) is 46.4 Å². The molecule has 16 nitrogen and oxygen atoms in total. The summed E-state index contributed by atoms with van der Waals surface area (Å²) in [7, 11) is 0. The van der Waals surface area contributed by atoms with Gasteiger partial charge in [-0.15, -0.1) is 0 Å². The second kappa shape index (κ2) is 7.75. The van der Waals surface area contributed by atoms with Crippen molar-refractivity contribution in [2.24, 2.45) is 57.5 Å². The number of nitrogens with zero attached hydrogens (tertiary/aromatic N) is 6. The molecule has 2 N–H and O–H groups in total. The highest BCUT2D eigenvalue weighted by Gasteiger charge is 2.82. The van der Waals surface area contributed by atoms with Gasteiger partial charge in [0.2, 0.25) is 0 Å². The average Bonchev–Trinajstić information content (AvgIpc) is 3.44. The Balaban J connectivity index is 1.18. The molecule has 0 amide bonds. The van der Waals surface area contributed by atoms with Crippen LogP contribution in [0.2, 0.25) is 0 Å². The van der Waals surface area contributed by atoms with Gasteiger partial charge >= 0.3 is 11.4 Å². The van der Waals surface area contributed by atoms with Crippen LogP contribution in [-0.4, -0.2) is 31.1 Å². The molecule has 5 fully saturated rings. The summed E-state index contributed by atoms with van der Waals surface area (Å²) in [5.74, 6) is 2.16. The Labute approximate surface area is 217 Å². The van der Waals surface area contributed by atoms with Crippen LogP contribution in [0.25, 0.3) is 0 Å². The fourth-order valence-electron chi connectivity index (χ4n) is 8.17. The summed E-state index contributed by atoms with van der Waals surface area (Å²) in [5, 5.41) is 54.3. The number of fused-ring (bicyclic) bond motifs is 2. The molecule has 5 saturated carbocycles. The van der Waals surface area contributed by atoms with E-state index in [0.717, 1.165) is 30.0 Å². The Morgan fingerprint density at radius 3 is 1.38 bits per heavy atom. The van der Waals surface area contributed by atoms with E-state index in [0.29, 0.717) is 23.7 Å². The first-order chi connectivity index (χ1) is 18.7. The Hall–Kier alpha value is -5.02. The molecule has 0 heterocycles. The largest absolute Gasteiger partial charge is 0.301 e. The molecular weight excluding hydrogens is 516 g/mol. The zero-order chi connectivity index (χ0) is 27.3. The number of non-ortho nitro benzene ring substituents is 2. The van der Waals surface area contributed by atoms with Crippen molar-refractivity contribution in [2.45, 2.75) is 6.42 Å². The van der Waals surface area contributed by atoms with E-state index < -0.39 is 31.1 Å². The van der Waals surface area contributed by atoms with Gasteiger partial charge in [0.25, 0.3) is 11.4 Å². The lowest BCUT2D eigenvalue weighted by Gasteiger charge is -2.44. The summed E-state index contributed by atoms with van der Waals surface area (Å²) in [6.45, 7) is 0. The Kier molecular flexibility index (Phi) is 4.59. The molecule has 5 aliphatic carbocycles. The Bertz CT molecular complexity index is 1470. The first-order valence-corrected chi connectivity index (χ1v) is 12.2. The number of benzene rings is 2. The fraction of sp³-hybridized carbons (Fsp3) is 0.391. The molecule has 8 atom stereocenters. The van der Waals surface area contributed by atoms with Crippen molar-refractivity contribution in [3.05, 3.63) is 76.9 Å². The van der Waals surface area contributed by atoms with Crippen LogP contribution in [0.1, 0.15) is 6.42 Å². The van der Waals surface area contributed by atoms with Gasteiger partial charge in [-0.1, -0.05) is 0 Å². The molecule has 0 aliphatic heterocycles. The van der Waals surface area contributed by atoms with Gasteiger partial charge in [0.05, 0.1) is 31.8 Å². The van der Waals surface area contributed by atoms with Crippen molar-refractivity contribution in [1.82, 2.24) is 0 Å². The molecule has 7 rings (SSSR count). The highest BCUT2D eigenvalue weighted by Crippen LogP contribution is 2.81. The molecule has 0 spiro atoms. The number of hydrogen-bond acceptors (Lipinski definition) is 12. The maximum Gasteiger partial charge on any atom is 0.301 e. The molecule has 0 aromatic heterocycles. The van der Waals surface area contributed by atoms with Gasteiger partial charge in [0.1, 0.15) is 11.4 Å². The van der Waals surface area contributed by atoms with Gasteiger partial charge in [-0.05, 0) is 42.2 Å². The van der Waals surface area contributed by atoms with E-state index in [4.69, 9.17) is 0 Å². The van der Waals surface area contributed by atoms with E-state index in [1.165, 1.54) is 24.3 Å². The van der Waals surface area contributed by atoms with Crippen molar-refractivity contribution in [2.75, 3.05) is 10.9 Å². The van der Waals surface area contributed by atoms with Crippen LogP contribution in [0, 0.1) is 87.8 Å². The maximum atomic E-state index is 11.5. The number of nitro benzene ring substituents is 4. The van der Waals surface area contributed by atoms with Crippen molar-refractivity contribution in [3.63, 3.8) is 0 Å². The molecular formula is C23H18N8O8. The van der Waals surface area contributed by atoms with E-state index in [1.807, 2.05) is 0 Å². The lowest BCUT2D eigenvalue weighted by molar-refractivity contribution is -0.393. The summed E-state index contributed by atoms with van der Waals surface area (Å²) in [5.41, 5.74) is 5.94. The van der Waals surface area contributed by atoms with E-state index in [9.17, 15) is 40.5 Å². The molecule has 0 radical (unpaired) electrons. The third kappa shape index (κ3) is 2.98. The van der Waals surface area contributed by atoms with Crippen molar-refractivity contribution in [1.29, 1.82) is 0 Å². The molecule has 2 aromatic carbocycles. The Morgan fingerprint density at radius 2 is 1.03 bits per heavy atom. The van der Waals surface area contributed by atoms with Crippen LogP contribution in [-0.2, 0) is 0 Å². The zero-order valence-electron chi connectivity index (χ0n) is 19.7. The molecule has 39 heavy (non-hydrogen) atoms. The third-order valence-corrected chi connectivity index (χ3v) is 9.26. The monoisotopic (exact) mass is 534 g/mol. The van der Waals surface area contributed by atoms with Gasteiger partial charge in [-0.2, -0.15) is 10.2 Å². The normalized spacial score (nSPS) is 33.9. The SMILES string of the molecule is O=[N+]([O-])c1ccc(NN=C2[C@@H]3[C@H]4C[C@H]5[C@@H]3C(=NNc3ccc([N+](=O)[O-])cc3[N+](=O)[O-])[C@@H]3[C@@H]2[C@H]4[C@H]53)c([N+](=O)[O-])c1. The molecule has 5 aliphatic rings. The number of anilines is 2. The minimum atomic E-state index is -0.696. The number of nitrogens with one attached hydrogen (secondary N) is 2. The minimum absolute atomic E-state index is 0.0671. The predicted molar refractivity (Wildman–Crippen MR) is 134 cm³/mol. The van der Waals surface area contributed by atoms with E-state index >= 15 is 0 Å². The van der Waals surface area contributed by atoms with Crippen molar-refractivity contribution in [3.8, 4) is 0 Å². The zero-order valence-corrected chi connectivity index (χ0v) is 19.7. The number of hydrogen-bond donors (Lipinski definition) is 2. The molecule has 2 bridgehead atoms. The van der Waals surface area contributed by atoms with Crippen LogP contribution >= 0.6 is 0 Å². The summed E-state index contributed by atoms with van der Waals surface area (Å²) in [6, 6.07) is 6.72. The molecule has 16 heteroatoms. The van der Waals surface area contributed by atoms with Gasteiger partial charge in [0, 0.05) is 47.2 Å². The summed E-state index contributed by atoms with van der Waals surface area (Å²) < 4.78 is 0. The molecule has 0 saturated heterocycles. The van der Waals surface area contributed by atoms with Crippen LogP contribution in [0.3, 0.4) is 0 Å². The quantitative estimate of drug-likeness (QED) is 0.366. The average molecular weight is 534 g/mol. The van der Waals surface area contributed by atoms with Crippen LogP contribution < -0.4 is 10.9 Å². The third-order valence-electron chi connectivity index (χ3n) is 9.26. The highest BCUT2D eigenvalue weighted by atomic mass is 16.6. The van der Waals surface area contributed by atoms with Crippen molar-refractivity contribution < 1.29 is 19.7 Å². The second-order valence-corrected chi connectivity index (χ2v) is 10.5. The summed E-state index contributed by atoms with van der Waals surface area (Å²) >= 11 is 0. The highest BCUT2D eigenvalue weighted by molar-refractivity contribution is 6.11. The van der Waals surface area contributed by atoms with Crippen LogP contribution in [0.15, 0.2) is 46.6 Å². The predicted octanol–water partition coefficient (Wildman–Crippen LogP) is 3.94. The number of hydrazone groups is 2. The minimum Gasteiger partial charge on any atom is -0.272 e. The first-order valence-electron chi connectivity index (χ1n) is 12.2. The summed E-state index contributed by atoms with van der Waals surface area (Å²) in [6.07, 6.45) is 1.03. The van der Waals surface area contributed by atoms with E-state index in [2.05, 4.69) is 21.1 Å². The number of rotatable bonds is 8. The first kappa shape index (κ1) is 23.1. The second-order valence-electron chi connectivity index (χ2n) is 10.5. The lowest BCUT2D eigenvalue weighted by atomic mass is 9.59. The van der Waals surface area contributed by atoms with Crippen LogP contribution in [0.4, 0.5) is 34.1 Å².